The van der Waals surface area contributed by atoms with E-state index in [0.717, 1.165) is 0 Å². The molecule has 1 unspecified atom stereocenters. The molecule has 0 saturated heterocycles. The molecule has 1 amide bonds. The van der Waals surface area contributed by atoms with Crippen LogP contribution in [0.3, 0.4) is 0 Å². The smallest absolute Gasteiger partial charge is 0.306 e. The van der Waals surface area contributed by atoms with Crippen LogP contribution in [0.4, 0.5) is 0 Å². The van der Waals surface area contributed by atoms with Crippen molar-refractivity contribution in [1.29, 1.82) is 0 Å². The molecule has 0 heterocycles. The first-order chi connectivity index (χ1) is 12.9. The van der Waals surface area contributed by atoms with E-state index >= 15 is 0 Å². The van der Waals surface area contributed by atoms with Gasteiger partial charge in [0.05, 0.1) is 11.5 Å². The molecule has 6 heteroatoms. The summed E-state index contributed by atoms with van der Waals surface area (Å²) in [6.45, 7) is 1.90. The molecule has 1 aliphatic rings. The Bertz CT molecular complexity index is 947. The number of nitrogens with one attached hydrogen (secondary N) is 1. The Morgan fingerprint density at radius 2 is 1.59 bits per heavy atom. The van der Waals surface area contributed by atoms with Crippen molar-refractivity contribution in [3.63, 3.8) is 0 Å². The van der Waals surface area contributed by atoms with Crippen LogP contribution in [-0.4, -0.2) is 35.1 Å². The summed E-state index contributed by atoms with van der Waals surface area (Å²) in [4.78, 5) is 49.0. The Morgan fingerprint density at radius 3 is 2.26 bits per heavy atom. The maximum Gasteiger partial charge on any atom is 0.306 e. The number of carbonyl (C=O) groups excluding carboxylic acids is 3. The lowest BCUT2D eigenvalue weighted by molar-refractivity contribution is -0.141. The topological polar surface area (TPSA) is 101 Å². The van der Waals surface area contributed by atoms with Gasteiger partial charge in [0.15, 0.2) is 11.6 Å². The van der Waals surface area contributed by atoms with Crippen LogP contribution in [0.2, 0.25) is 0 Å². The van der Waals surface area contributed by atoms with E-state index in [1.54, 1.807) is 43.3 Å². The summed E-state index contributed by atoms with van der Waals surface area (Å²) >= 11 is 0. The molecule has 2 aromatic carbocycles. The second kappa shape index (κ2) is 7.53. The van der Waals surface area contributed by atoms with Gasteiger partial charge in [-0.25, -0.2) is 0 Å². The maximum atomic E-state index is 12.9. The maximum absolute atomic E-state index is 12.9. The van der Waals surface area contributed by atoms with Crippen molar-refractivity contribution in [2.45, 2.75) is 19.8 Å². The number of aliphatic carboxylic acids is 1. The van der Waals surface area contributed by atoms with Crippen molar-refractivity contribution >= 4 is 23.4 Å². The number of hydrogen-bond acceptors (Lipinski definition) is 4. The minimum absolute atomic E-state index is 0.123. The molecule has 0 aliphatic heterocycles. The highest BCUT2D eigenvalue weighted by Crippen LogP contribution is 2.29. The normalized spacial score (nSPS) is 13.5. The lowest BCUT2D eigenvalue weighted by Gasteiger charge is -2.19. The van der Waals surface area contributed by atoms with Gasteiger partial charge in [-0.15, -0.1) is 0 Å². The molecule has 27 heavy (non-hydrogen) atoms. The van der Waals surface area contributed by atoms with Crippen LogP contribution in [0.25, 0.3) is 0 Å². The standard InChI is InChI=1S/C21H19NO5/c1-12(21(26)27)6-5-11-22-20(25)16-10-4-9-15-17(16)19(24)14-8-3-2-7-13(14)18(15)23/h2-4,7-10,12H,5-6,11H2,1H3,(H,22,25)(H,26,27). The molecule has 0 saturated carbocycles. The number of hydrogen-bond donors (Lipinski definition) is 2. The summed E-state index contributed by atoms with van der Waals surface area (Å²) in [5.41, 5.74) is 1.15. The second-order valence-electron chi connectivity index (χ2n) is 6.57. The number of benzene rings is 2. The van der Waals surface area contributed by atoms with Crippen molar-refractivity contribution in [3.05, 3.63) is 70.3 Å². The van der Waals surface area contributed by atoms with Gasteiger partial charge in [-0.3, -0.25) is 19.2 Å². The molecule has 6 nitrogen and oxygen atoms in total. The number of amides is 1. The Morgan fingerprint density at radius 1 is 0.963 bits per heavy atom. The average molecular weight is 365 g/mol. The molecule has 1 aliphatic carbocycles. The van der Waals surface area contributed by atoms with Crippen molar-refractivity contribution in [2.75, 3.05) is 6.54 Å². The lowest BCUT2D eigenvalue weighted by atomic mass is 9.81. The van der Waals surface area contributed by atoms with Crippen LogP contribution in [0.5, 0.6) is 0 Å². The van der Waals surface area contributed by atoms with E-state index in [1.165, 1.54) is 6.07 Å². The molecular weight excluding hydrogens is 346 g/mol. The molecular formula is C21H19NO5. The Hall–Kier alpha value is -3.28. The summed E-state index contributed by atoms with van der Waals surface area (Å²) in [5.74, 6) is -2.42. The Kier molecular flexibility index (Phi) is 5.16. The molecule has 0 fully saturated rings. The first kappa shape index (κ1) is 18.5. The Balaban J connectivity index is 1.80. The fourth-order valence-electron chi connectivity index (χ4n) is 3.16. The fourth-order valence-corrected chi connectivity index (χ4v) is 3.16. The van der Waals surface area contributed by atoms with Crippen molar-refractivity contribution < 1.29 is 24.3 Å². The highest BCUT2D eigenvalue weighted by atomic mass is 16.4. The predicted octanol–water partition coefficient (Wildman–Crippen LogP) is 2.69. The summed E-state index contributed by atoms with van der Waals surface area (Å²) in [5, 5.41) is 11.6. The van der Waals surface area contributed by atoms with E-state index in [2.05, 4.69) is 5.32 Å². The van der Waals surface area contributed by atoms with E-state index in [1.807, 2.05) is 0 Å². The molecule has 0 spiro atoms. The third kappa shape index (κ3) is 3.51. The predicted molar refractivity (Wildman–Crippen MR) is 98.1 cm³/mol. The molecule has 138 valence electrons. The van der Waals surface area contributed by atoms with Crippen LogP contribution in [0.1, 0.15) is 62.0 Å². The quantitative estimate of drug-likeness (QED) is 0.654. The molecule has 0 aromatic heterocycles. The highest BCUT2D eigenvalue weighted by molar-refractivity contribution is 6.30. The largest absolute Gasteiger partial charge is 0.481 e. The van der Waals surface area contributed by atoms with Gasteiger partial charge in [0.2, 0.25) is 0 Å². The first-order valence-corrected chi connectivity index (χ1v) is 8.74. The van der Waals surface area contributed by atoms with E-state index in [9.17, 15) is 19.2 Å². The van der Waals surface area contributed by atoms with Crippen LogP contribution in [-0.2, 0) is 4.79 Å². The molecule has 3 rings (SSSR count). The zero-order valence-corrected chi connectivity index (χ0v) is 14.8. The number of fused-ring (bicyclic) bond motifs is 2. The molecule has 1 atom stereocenters. The minimum Gasteiger partial charge on any atom is -0.481 e. The molecule has 2 N–H and O–H groups in total. The number of ketones is 2. The van der Waals surface area contributed by atoms with Crippen LogP contribution in [0.15, 0.2) is 42.5 Å². The fraction of sp³-hybridized carbons (Fsp3) is 0.238. The molecule has 2 aromatic rings. The SMILES string of the molecule is CC(CCCNC(=O)c1cccc2c1C(=O)c1ccccc1C2=O)C(=O)O. The van der Waals surface area contributed by atoms with Gasteiger partial charge in [0.25, 0.3) is 5.91 Å². The van der Waals surface area contributed by atoms with Crippen LogP contribution in [0, 0.1) is 5.92 Å². The van der Waals surface area contributed by atoms with E-state index in [-0.39, 0.29) is 28.3 Å². The highest BCUT2D eigenvalue weighted by Gasteiger charge is 2.32. The van der Waals surface area contributed by atoms with Gasteiger partial charge in [-0.05, 0) is 18.9 Å². The zero-order chi connectivity index (χ0) is 19.6. The monoisotopic (exact) mass is 365 g/mol. The van der Waals surface area contributed by atoms with Gasteiger partial charge in [-0.1, -0.05) is 43.3 Å². The van der Waals surface area contributed by atoms with E-state index in [0.29, 0.717) is 30.5 Å². The van der Waals surface area contributed by atoms with E-state index < -0.39 is 17.8 Å². The van der Waals surface area contributed by atoms with Crippen molar-refractivity contribution in [1.82, 2.24) is 5.32 Å². The van der Waals surface area contributed by atoms with Gasteiger partial charge < -0.3 is 10.4 Å². The molecule has 0 bridgehead atoms. The van der Waals surface area contributed by atoms with Gasteiger partial charge in [0, 0.05) is 28.8 Å². The summed E-state index contributed by atoms with van der Waals surface area (Å²) < 4.78 is 0. The second-order valence-corrected chi connectivity index (χ2v) is 6.57. The van der Waals surface area contributed by atoms with Gasteiger partial charge >= 0.3 is 5.97 Å². The van der Waals surface area contributed by atoms with Crippen LogP contribution >= 0.6 is 0 Å². The van der Waals surface area contributed by atoms with E-state index in [4.69, 9.17) is 5.11 Å². The number of carboxylic acids is 1. The summed E-state index contributed by atoms with van der Waals surface area (Å²) in [6.07, 6.45) is 0.942. The van der Waals surface area contributed by atoms with Gasteiger partial charge in [0.1, 0.15) is 0 Å². The lowest BCUT2D eigenvalue weighted by Crippen LogP contribution is -2.30. The third-order valence-electron chi connectivity index (χ3n) is 4.72. The van der Waals surface area contributed by atoms with Crippen molar-refractivity contribution in [3.8, 4) is 0 Å². The van der Waals surface area contributed by atoms with Crippen molar-refractivity contribution in [2.24, 2.45) is 5.92 Å². The average Bonchev–Trinajstić information content (AvgIpc) is 2.68. The number of rotatable bonds is 6. The molecule has 0 radical (unpaired) electrons. The minimum atomic E-state index is -0.874. The van der Waals surface area contributed by atoms with Gasteiger partial charge in [-0.2, -0.15) is 0 Å². The summed E-state index contributed by atoms with van der Waals surface area (Å²) in [7, 11) is 0. The zero-order valence-electron chi connectivity index (χ0n) is 14.8. The first-order valence-electron chi connectivity index (χ1n) is 8.74. The number of carbonyl (C=O) groups is 4. The third-order valence-corrected chi connectivity index (χ3v) is 4.72. The Labute approximate surface area is 156 Å². The number of carboxylic acid groups (broad SMARTS) is 1. The summed E-state index contributed by atoms with van der Waals surface area (Å²) in [6, 6.07) is 11.2. The van der Waals surface area contributed by atoms with Crippen LogP contribution < -0.4 is 5.32 Å².